The lowest BCUT2D eigenvalue weighted by atomic mass is 10.0. The maximum Gasteiger partial charge on any atom is 0.339 e. The molecular weight excluding hydrogens is 244 g/mol. The van der Waals surface area contributed by atoms with Gasteiger partial charge in [-0.1, -0.05) is 0 Å². The maximum atomic E-state index is 11.3. The molecule has 1 saturated heterocycles. The number of pyridine rings is 1. The van der Waals surface area contributed by atoms with E-state index in [1.54, 1.807) is 0 Å². The number of carboxylic acid groups (broad SMARTS) is 1. The van der Waals surface area contributed by atoms with Gasteiger partial charge in [-0.15, -0.1) is 0 Å². The Labute approximate surface area is 112 Å². The highest BCUT2D eigenvalue weighted by atomic mass is 16.4. The third-order valence-electron chi connectivity index (χ3n) is 3.61. The number of nitrogens with zero attached hydrogens (tertiary/aromatic N) is 3. The van der Waals surface area contributed by atoms with E-state index in [1.807, 2.05) is 4.90 Å². The molecule has 0 unspecified atom stereocenters. The van der Waals surface area contributed by atoms with E-state index in [9.17, 15) is 9.90 Å². The van der Waals surface area contributed by atoms with E-state index in [4.69, 9.17) is 5.73 Å². The first-order valence-electron chi connectivity index (χ1n) is 6.39. The monoisotopic (exact) mass is 264 g/mol. The number of nitrogen functional groups attached to an aromatic ring is 1. The lowest BCUT2D eigenvalue weighted by molar-refractivity contribution is 0.0697. The summed E-state index contributed by atoms with van der Waals surface area (Å²) in [6.45, 7) is 1.64. The highest BCUT2D eigenvalue weighted by molar-refractivity contribution is 5.94. The fraction of sp³-hybridized carbons (Fsp3) is 0.538. The Balaban J connectivity index is 2.17. The first-order chi connectivity index (χ1) is 8.99. The van der Waals surface area contributed by atoms with Crippen molar-refractivity contribution in [2.75, 3.05) is 37.8 Å². The number of rotatable bonds is 3. The van der Waals surface area contributed by atoms with Crippen molar-refractivity contribution in [3.05, 3.63) is 17.8 Å². The average molecular weight is 264 g/mol. The van der Waals surface area contributed by atoms with Gasteiger partial charge in [-0.3, -0.25) is 0 Å². The molecule has 0 spiro atoms. The second-order valence-corrected chi connectivity index (χ2v) is 5.13. The van der Waals surface area contributed by atoms with Crippen LogP contribution in [0.1, 0.15) is 23.2 Å². The molecule has 1 aliphatic heterocycles. The summed E-state index contributed by atoms with van der Waals surface area (Å²) < 4.78 is 0. The number of piperidine rings is 1. The molecule has 3 N–H and O–H groups in total. The van der Waals surface area contributed by atoms with E-state index >= 15 is 0 Å². The Kier molecular flexibility index (Phi) is 3.90. The van der Waals surface area contributed by atoms with E-state index in [0.29, 0.717) is 17.5 Å². The average Bonchev–Trinajstić information content (AvgIpc) is 2.38. The molecule has 19 heavy (non-hydrogen) atoms. The molecule has 0 aromatic carbocycles. The second kappa shape index (κ2) is 5.44. The second-order valence-electron chi connectivity index (χ2n) is 5.13. The van der Waals surface area contributed by atoms with E-state index in [-0.39, 0.29) is 5.56 Å². The van der Waals surface area contributed by atoms with Crippen LogP contribution in [-0.2, 0) is 0 Å². The number of carbonyl (C=O) groups is 1. The fourth-order valence-electron chi connectivity index (χ4n) is 2.48. The third-order valence-corrected chi connectivity index (χ3v) is 3.61. The van der Waals surface area contributed by atoms with Gasteiger partial charge in [-0.2, -0.15) is 0 Å². The quantitative estimate of drug-likeness (QED) is 0.843. The van der Waals surface area contributed by atoms with Crippen LogP contribution in [0.4, 0.5) is 11.5 Å². The summed E-state index contributed by atoms with van der Waals surface area (Å²) in [5.74, 6) is -0.455. The molecule has 0 radical (unpaired) electrons. The summed E-state index contributed by atoms with van der Waals surface area (Å²) in [6, 6.07) is 2.03. The molecular formula is C13H20N4O2. The van der Waals surface area contributed by atoms with Crippen LogP contribution in [0.2, 0.25) is 0 Å². The summed E-state index contributed by atoms with van der Waals surface area (Å²) in [5.41, 5.74) is 6.17. The summed E-state index contributed by atoms with van der Waals surface area (Å²) in [5, 5.41) is 9.23. The summed E-state index contributed by atoms with van der Waals surface area (Å²) in [4.78, 5) is 19.7. The minimum atomic E-state index is -0.982. The van der Waals surface area contributed by atoms with Crippen LogP contribution in [0.3, 0.4) is 0 Å². The van der Waals surface area contributed by atoms with Crippen molar-refractivity contribution in [3.63, 3.8) is 0 Å². The Morgan fingerprint density at radius 1 is 1.47 bits per heavy atom. The molecule has 0 aliphatic carbocycles. The Hall–Kier alpha value is -1.82. The molecule has 2 rings (SSSR count). The fourth-order valence-corrected chi connectivity index (χ4v) is 2.48. The first-order valence-corrected chi connectivity index (χ1v) is 6.39. The lowest BCUT2D eigenvalue weighted by Gasteiger charge is -2.36. The molecule has 1 aromatic heterocycles. The molecule has 1 aliphatic rings. The van der Waals surface area contributed by atoms with Crippen LogP contribution >= 0.6 is 0 Å². The number of anilines is 2. The molecule has 0 amide bonds. The zero-order chi connectivity index (χ0) is 14.0. The number of hydrogen-bond donors (Lipinski definition) is 2. The van der Waals surface area contributed by atoms with E-state index in [2.05, 4.69) is 24.0 Å². The number of carboxylic acids is 1. The lowest BCUT2D eigenvalue weighted by Crippen LogP contribution is -2.42. The van der Waals surface area contributed by atoms with Crippen LogP contribution in [0, 0.1) is 0 Å². The standard InChI is InChI=1S/C13H20N4O2/c1-16(2)10-3-5-17(6-4-10)12-11(13(18)19)7-9(14)8-15-12/h7-8,10H,3-6,14H2,1-2H3,(H,18,19). The predicted octanol–water partition coefficient (Wildman–Crippen LogP) is 0.892. The van der Waals surface area contributed by atoms with Crippen molar-refractivity contribution >= 4 is 17.5 Å². The zero-order valence-electron chi connectivity index (χ0n) is 11.3. The smallest absolute Gasteiger partial charge is 0.339 e. The molecule has 1 fully saturated rings. The van der Waals surface area contributed by atoms with Crippen LogP contribution in [0.5, 0.6) is 0 Å². The molecule has 2 heterocycles. The third kappa shape index (κ3) is 2.96. The summed E-state index contributed by atoms with van der Waals surface area (Å²) in [7, 11) is 4.15. The Morgan fingerprint density at radius 2 is 2.11 bits per heavy atom. The van der Waals surface area contributed by atoms with Crippen LogP contribution < -0.4 is 10.6 Å². The van der Waals surface area contributed by atoms with Crippen molar-refractivity contribution in [2.24, 2.45) is 0 Å². The van der Waals surface area contributed by atoms with E-state index in [1.165, 1.54) is 12.3 Å². The van der Waals surface area contributed by atoms with Gasteiger partial charge in [0.15, 0.2) is 0 Å². The van der Waals surface area contributed by atoms with Gasteiger partial charge in [-0.25, -0.2) is 9.78 Å². The highest BCUT2D eigenvalue weighted by Crippen LogP contribution is 2.24. The molecule has 0 atom stereocenters. The SMILES string of the molecule is CN(C)C1CCN(c2ncc(N)cc2C(=O)O)CC1. The van der Waals surface area contributed by atoms with Crippen molar-refractivity contribution < 1.29 is 9.90 Å². The van der Waals surface area contributed by atoms with Gasteiger partial charge < -0.3 is 20.6 Å². The Bertz CT molecular complexity index is 468. The van der Waals surface area contributed by atoms with Gasteiger partial charge >= 0.3 is 5.97 Å². The highest BCUT2D eigenvalue weighted by Gasteiger charge is 2.24. The largest absolute Gasteiger partial charge is 0.478 e. The maximum absolute atomic E-state index is 11.3. The zero-order valence-corrected chi connectivity index (χ0v) is 11.3. The van der Waals surface area contributed by atoms with Gasteiger partial charge in [0.1, 0.15) is 11.4 Å². The number of hydrogen-bond acceptors (Lipinski definition) is 5. The minimum absolute atomic E-state index is 0.184. The van der Waals surface area contributed by atoms with Gasteiger partial charge in [0.2, 0.25) is 0 Å². The van der Waals surface area contributed by atoms with E-state index < -0.39 is 5.97 Å². The van der Waals surface area contributed by atoms with Gasteiger partial charge in [-0.05, 0) is 33.0 Å². The van der Waals surface area contributed by atoms with Gasteiger partial charge in [0.25, 0.3) is 0 Å². The van der Waals surface area contributed by atoms with Gasteiger partial charge in [0.05, 0.1) is 11.9 Å². The molecule has 104 valence electrons. The van der Waals surface area contributed by atoms with Crippen LogP contribution in [0.25, 0.3) is 0 Å². The topological polar surface area (TPSA) is 82.7 Å². The van der Waals surface area contributed by atoms with Gasteiger partial charge in [0, 0.05) is 19.1 Å². The Morgan fingerprint density at radius 3 is 2.63 bits per heavy atom. The molecule has 6 heteroatoms. The van der Waals surface area contributed by atoms with Crippen molar-refractivity contribution in [3.8, 4) is 0 Å². The molecule has 6 nitrogen and oxygen atoms in total. The van der Waals surface area contributed by atoms with Crippen molar-refractivity contribution in [1.29, 1.82) is 0 Å². The van der Waals surface area contributed by atoms with Crippen LogP contribution in [-0.4, -0.2) is 54.2 Å². The number of aromatic carboxylic acids is 1. The molecule has 0 bridgehead atoms. The summed E-state index contributed by atoms with van der Waals surface area (Å²) >= 11 is 0. The molecule has 0 saturated carbocycles. The number of aromatic nitrogens is 1. The predicted molar refractivity (Wildman–Crippen MR) is 74.5 cm³/mol. The normalized spacial score (nSPS) is 16.9. The summed E-state index contributed by atoms with van der Waals surface area (Å²) in [6.07, 6.45) is 3.54. The first kappa shape index (κ1) is 13.6. The van der Waals surface area contributed by atoms with Crippen LogP contribution in [0.15, 0.2) is 12.3 Å². The van der Waals surface area contributed by atoms with E-state index in [0.717, 1.165) is 25.9 Å². The van der Waals surface area contributed by atoms with Crippen molar-refractivity contribution in [2.45, 2.75) is 18.9 Å². The minimum Gasteiger partial charge on any atom is -0.478 e. The van der Waals surface area contributed by atoms with Crippen molar-refractivity contribution in [1.82, 2.24) is 9.88 Å². The molecule has 1 aromatic rings. The number of nitrogens with two attached hydrogens (primary N) is 1.